The highest BCUT2D eigenvalue weighted by atomic mass is 31.0. The molecule has 2 aromatic heterocycles. The molecule has 1 N–H and O–H groups in total. The van der Waals surface area contributed by atoms with Crippen LogP contribution in [0.5, 0.6) is 0 Å². The maximum Gasteiger partial charge on any atom is 0.416 e. The monoisotopic (exact) mass is 474 g/mol. The van der Waals surface area contributed by atoms with Crippen LogP contribution in [-0.4, -0.2) is 33.1 Å². The minimum absolute atomic E-state index is 0.00986. The summed E-state index contributed by atoms with van der Waals surface area (Å²) in [5.74, 6) is -1.73. The second-order valence-corrected chi connectivity index (χ2v) is 8.74. The van der Waals surface area contributed by atoms with Gasteiger partial charge >= 0.3 is 12.3 Å². The number of pyridine rings is 1. The van der Waals surface area contributed by atoms with Gasteiger partial charge in [-0.05, 0) is 31.1 Å². The maximum atomic E-state index is 14.2. The van der Waals surface area contributed by atoms with Gasteiger partial charge in [-0.15, -0.1) is 9.24 Å². The van der Waals surface area contributed by atoms with Gasteiger partial charge in [0.25, 0.3) is 0 Å². The Kier molecular flexibility index (Phi) is 5.90. The normalized spacial score (nSPS) is 21.2. The lowest BCUT2D eigenvalue weighted by atomic mass is 9.83. The Bertz CT molecular complexity index is 1010. The van der Waals surface area contributed by atoms with Gasteiger partial charge in [0.2, 0.25) is 0 Å². The first-order valence-corrected chi connectivity index (χ1v) is 11.2. The average Bonchev–Trinajstić information content (AvgIpc) is 3.22. The fourth-order valence-corrected chi connectivity index (χ4v) is 5.09. The lowest BCUT2D eigenvalue weighted by Gasteiger charge is -2.29. The van der Waals surface area contributed by atoms with Crippen LogP contribution in [0, 0.1) is 0 Å². The molecule has 31 heavy (non-hydrogen) atoms. The van der Waals surface area contributed by atoms with Gasteiger partial charge in [0, 0.05) is 11.1 Å². The zero-order valence-electron chi connectivity index (χ0n) is 16.2. The van der Waals surface area contributed by atoms with E-state index in [1.54, 1.807) is 0 Å². The third-order valence-corrected chi connectivity index (χ3v) is 6.93. The van der Waals surface area contributed by atoms with E-state index in [9.17, 15) is 22.4 Å². The topological polar surface area (TPSA) is 77.0 Å². The van der Waals surface area contributed by atoms with Gasteiger partial charge in [-0.2, -0.15) is 13.2 Å². The van der Waals surface area contributed by atoms with Crippen LogP contribution in [0.3, 0.4) is 0 Å². The Labute approximate surface area is 180 Å². The number of hydrogen-bond acceptors (Lipinski definition) is 5. The van der Waals surface area contributed by atoms with Gasteiger partial charge < -0.3 is 4.74 Å². The van der Waals surface area contributed by atoms with E-state index < -0.39 is 35.3 Å². The molecule has 6 nitrogen and oxygen atoms in total. The summed E-state index contributed by atoms with van der Waals surface area (Å²) in [4.78, 5) is 24.4. The average molecular weight is 474 g/mol. The van der Waals surface area contributed by atoms with Gasteiger partial charge in [0.1, 0.15) is 17.8 Å². The summed E-state index contributed by atoms with van der Waals surface area (Å²) < 4.78 is 60.6. The van der Waals surface area contributed by atoms with E-state index in [-0.39, 0.29) is 22.8 Å². The maximum absolute atomic E-state index is 14.2. The molecular formula is C19H20F4N4O2P2. The molecule has 4 rings (SSSR count). The van der Waals surface area contributed by atoms with Gasteiger partial charge in [0.15, 0.2) is 12.0 Å². The van der Waals surface area contributed by atoms with Crippen molar-refractivity contribution in [2.24, 2.45) is 0 Å². The third-order valence-electron chi connectivity index (χ3n) is 5.80. The van der Waals surface area contributed by atoms with E-state index in [0.29, 0.717) is 11.9 Å². The van der Waals surface area contributed by atoms with Crippen molar-refractivity contribution in [3.05, 3.63) is 35.3 Å². The zero-order chi connectivity index (χ0) is 22.4. The second kappa shape index (κ2) is 8.21. The number of alkyl halides is 4. The number of carbonyl (C=O) groups is 1. The lowest BCUT2D eigenvalue weighted by molar-refractivity contribution is -0.137. The largest absolute Gasteiger partial charge is 0.437 e. The minimum atomic E-state index is -4.60. The number of fused-ring (bicyclic) bond motifs is 1. The van der Waals surface area contributed by atoms with Crippen LogP contribution in [0.25, 0.3) is 11.4 Å². The third kappa shape index (κ3) is 4.12. The van der Waals surface area contributed by atoms with Crippen molar-refractivity contribution in [1.82, 2.24) is 15.0 Å². The van der Waals surface area contributed by atoms with Crippen molar-refractivity contribution in [3.63, 3.8) is 0 Å². The molecule has 0 saturated heterocycles. The Morgan fingerprint density at radius 2 is 1.97 bits per heavy atom. The molecule has 4 atom stereocenters. The predicted molar refractivity (Wildman–Crippen MR) is 112 cm³/mol. The summed E-state index contributed by atoms with van der Waals surface area (Å²) in [5, 5.41) is 2.35. The summed E-state index contributed by atoms with van der Waals surface area (Å²) in [6, 6.07) is 1.98. The SMILES string of the molecule is O=C1Nc2ncnc(-c3cc(C(F)(F)F)cc(C4(CP)CCCC4)n3)c2C(C(F)P)O1. The smallest absolute Gasteiger partial charge is 0.416 e. The molecule has 2 aliphatic rings. The van der Waals surface area contributed by atoms with Crippen LogP contribution < -0.4 is 5.32 Å². The van der Waals surface area contributed by atoms with Crippen molar-refractivity contribution in [2.45, 2.75) is 49.3 Å². The molecule has 1 amide bonds. The number of anilines is 1. The van der Waals surface area contributed by atoms with E-state index in [4.69, 9.17) is 4.74 Å². The number of amides is 1. The standard InChI is InChI=1S/C19H20F4N4O2P2/c20-15(31)14-12-13(24-8-25-16(12)27-17(28)29-14)10-5-9(19(21,22)23)6-11(26-10)18(7-30)3-1-2-4-18/h5-6,8,14-15H,1-4,7,30-31H2,(H,24,25,27,28). The highest BCUT2D eigenvalue weighted by Crippen LogP contribution is 2.45. The number of aromatic nitrogens is 3. The molecule has 166 valence electrons. The van der Waals surface area contributed by atoms with Crippen LogP contribution in [0.4, 0.5) is 28.2 Å². The van der Waals surface area contributed by atoms with Crippen LogP contribution >= 0.6 is 18.5 Å². The Hall–Kier alpha value is -1.92. The summed E-state index contributed by atoms with van der Waals surface area (Å²) in [6.07, 6.45) is -1.97. The molecule has 0 bridgehead atoms. The van der Waals surface area contributed by atoms with E-state index in [2.05, 4.69) is 29.5 Å². The van der Waals surface area contributed by atoms with Crippen molar-refractivity contribution >= 4 is 30.4 Å². The first kappa shape index (κ1) is 22.3. The summed E-state index contributed by atoms with van der Waals surface area (Å²) in [6.45, 7) is 0. The van der Waals surface area contributed by atoms with Gasteiger partial charge in [-0.1, -0.05) is 22.1 Å². The van der Waals surface area contributed by atoms with Crippen LogP contribution in [0.2, 0.25) is 0 Å². The summed E-state index contributed by atoms with van der Waals surface area (Å²) in [5.41, 5.74) is -1.04. The molecule has 1 saturated carbocycles. The molecule has 2 aromatic rings. The second-order valence-electron chi connectivity index (χ2n) is 7.70. The number of halogens is 4. The van der Waals surface area contributed by atoms with E-state index in [1.807, 2.05) is 9.24 Å². The molecule has 1 fully saturated rings. The molecule has 3 heterocycles. The molecule has 1 aliphatic carbocycles. The van der Waals surface area contributed by atoms with Crippen LogP contribution in [-0.2, 0) is 16.3 Å². The van der Waals surface area contributed by atoms with Gasteiger partial charge in [-0.3, -0.25) is 10.3 Å². The highest BCUT2D eigenvalue weighted by molar-refractivity contribution is 7.17. The first-order chi connectivity index (χ1) is 14.6. The highest BCUT2D eigenvalue weighted by Gasteiger charge is 2.40. The fourth-order valence-electron chi connectivity index (χ4n) is 4.20. The zero-order valence-corrected chi connectivity index (χ0v) is 18.6. The van der Waals surface area contributed by atoms with Gasteiger partial charge in [0.05, 0.1) is 16.8 Å². The van der Waals surface area contributed by atoms with E-state index in [1.165, 1.54) is 0 Å². The summed E-state index contributed by atoms with van der Waals surface area (Å²) in [7, 11) is 4.50. The first-order valence-electron chi connectivity index (χ1n) is 9.67. The van der Waals surface area contributed by atoms with Crippen LogP contribution in [0.1, 0.15) is 48.6 Å². The number of nitrogens with one attached hydrogen (secondary N) is 1. The number of rotatable bonds is 4. The number of nitrogens with zero attached hydrogens (tertiary/aromatic N) is 3. The van der Waals surface area contributed by atoms with E-state index >= 15 is 0 Å². The van der Waals surface area contributed by atoms with Crippen molar-refractivity contribution in [2.75, 3.05) is 11.5 Å². The van der Waals surface area contributed by atoms with Crippen molar-refractivity contribution in [3.8, 4) is 11.4 Å². The van der Waals surface area contributed by atoms with Crippen molar-refractivity contribution in [1.29, 1.82) is 0 Å². The molecular weight excluding hydrogens is 454 g/mol. The number of ether oxygens (including phenoxy) is 1. The molecule has 0 radical (unpaired) electrons. The van der Waals surface area contributed by atoms with Crippen LogP contribution in [0.15, 0.2) is 18.5 Å². The lowest BCUT2D eigenvalue weighted by Crippen LogP contribution is -2.30. The van der Waals surface area contributed by atoms with Gasteiger partial charge in [-0.25, -0.2) is 19.2 Å². The number of hydrogen-bond donors (Lipinski definition) is 1. The predicted octanol–water partition coefficient (Wildman–Crippen LogP) is 5.02. The molecule has 0 aromatic carbocycles. The molecule has 0 spiro atoms. The number of carbonyl (C=O) groups excluding carboxylic acids is 1. The Morgan fingerprint density at radius 1 is 1.26 bits per heavy atom. The molecule has 4 unspecified atom stereocenters. The molecule has 1 aliphatic heterocycles. The summed E-state index contributed by atoms with van der Waals surface area (Å²) >= 11 is 0. The number of cyclic esters (lactones) is 1. The fraction of sp³-hybridized carbons (Fsp3) is 0.474. The Balaban J connectivity index is 1.94. The minimum Gasteiger partial charge on any atom is -0.437 e. The van der Waals surface area contributed by atoms with Crippen molar-refractivity contribution < 1.29 is 27.1 Å². The Morgan fingerprint density at radius 3 is 2.58 bits per heavy atom. The molecule has 12 heteroatoms. The quantitative estimate of drug-likeness (QED) is 0.498. The van der Waals surface area contributed by atoms with E-state index in [0.717, 1.165) is 44.1 Å².